The van der Waals surface area contributed by atoms with Crippen LogP contribution in [-0.4, -0.2) is 29.0 Å². The summed E-state index contributed by atoms with van der Waals surface area (Å²) in [7, 11) is 1.60. The van der Waals surface area contributed by atoms with E-state index in [0.29, 0.717) is 22.6 Å². The number of aromatic nitrogens is 2. The standard InChI is InChI=1S/C28H28FN3O2S/c1-17(31-27(33)21-9-7-20(8-10-21)26-16-35-28(32-26)34-2)18-3-5-19(6-4-18)23-13-14-30-25-12-11-22(29)15-24(23)25/h7-19H,3-6H2,1-2H3,(H,31,33)/t17-,18-,19-/m1/s1. The van der Waals surface area contributed by atoms with Gasteiger partial charge in [-0.3, -0.25) is 9.78 Å². The Labute approximate surface area is 208 Å². The molecule has 1 N–H and O–H groups in total. The van der Waals surface area contributed by atoms with Crippen molar-refractivity contribution in [3.63, 3.8) is 0 Å². The summed E-state index contributed by atoms with van der Waals surface area (Å²) in [6.07, 6.45) is 5.91. The van der Waals surface area contributed by atoms with Crippen molar-refractivity contribution >= 4 is 28.1 Å². The van der Waals surface area contributed by atoms with Crippen molar-refractivity contribution in [3.8, 4) is 16.5 Å². The quantitative estimate of drug-likeness (QED) is 0.331. The highest BCUT2D eigenvalue weighted by molar-refractivity contribution is 7.11. The fraction of sp³-hybridized carbons (Fsp3) is 0.321. The molecular formula is C28H28FN3O2S. The molecule has 0 aliphatic heterocycles. The lowest BCUT2D eigenvalue weighted by Crippen LogP contribution is -2.39. The largest absolute Gasteiger partial charge is 0.473 e. The van der Waals surface area contributed by atoms with E-state index in [1.165, 1.54) is 23.0 Å². The van der Waals surface area contributed by atoms with E-state index in [1.807, 2.05) is 41.9 Å². The molecule has 5 nitrogen and oxygen atoms in total. The first-order valence-electron chi connectivity index (χ1n) is 12.0. The van der Waals surface area contributed by atoms with Crippen molar-refractivity contribution < 1.29 is 13.9 Å². The Morgan fingerprint density at radius 2 is 1.89 bits per heavy atom. The number of halogens is 1. The van der Waals surface area contributed by atoms with Crippen LogP contribution in [0.4, 0.5) is 4.39 Å². The average Bonchev–Trinajstić information content (AvgIpc) is 3.38. The van der Waals surface area contributed by atoms with E-state index < -0.39 is 0 Å². The Balaban J connectivity index is 1.19. The third kappa shape index (κ3) is 5.05. The number of thiazole rings is 1. The van der Waals surface area contributed by atoms with Crippen molar-refractivity contribution in [1.29, 1.82) is 0 Å². The van der Waals surface area contributed by atoms with Gasteiger partial charge in [-0.05, 0) is 86.4 Å². The van der Waals surface area contributed by atoms with Crippen LogP contribution in [0, 0.1) is 11.7 Å². The molecule has 0 radical (unpaired) electrons. The Morgan fingerprint density at radius 1 is 1.11 bits per heavy atom. The molecule has 2 aromatic carbocycles. The lowest BCUT2D eigenvalue weighted by atomic mass is 9.75. The number of carbonyl (C=O) groups excluding carboxylic acids is 1. The molecule has 1 fully saturated rings. The summed E-state index contributed by atoms with van der Waals surface area (Å²) < 4.78 is 19.0. The monoisotopic (exact) mass is 489 g/mol. The van der Waals surface area contributed by atoms with Gasteiger partial charge in [0.1, 0.15) is 5.82 Å². The molecule has 1 saturated carbocycles. The highest BCUT2D eigenvalue weighted by Gasteiger charge is 2.28. The maximum absolute atomic E-state index is 13.9. The second-order valence-electron chi connectivity index (χ2n) is 9.22. The van der Waals surface area contributed by atoms with Crippen LogP contribution in [0.25, 0.3) is 22.2 Å². The highest BCUT2D eigenvalue weighted by atomic mass is 32.1. The van der Waals surface area contributed by atoms with Crippen LogP contribution in [0.15, 0.2) is 60.1 Å². The number of nitrogens with one attached hydrogen (secondary N) is 1. The third-order valence-corrected chi connectivity index (χ3v) is 7.92. The van der Waals surface area contributed by atoms with E-state index in [2.05, 4.69) is 22.2 Å². The Kier molecular flexibility index (Phi) is 6.77. The van der Waals surface area contributed by atoms with Crippen LogP contribution in [0.3, 0.4) is 0 Å². The van der Waals surface area contributed by atoms with Crippen molar-refractivity contribution in [2.24, 2.45) is 5.92 Å². The number of ether oxygens (including phenoxy) is 1. The smallest absolute Gasteiger partial charge is 0.273 e. The summed E-state index contributed by atoms with van der Waals surface area (Å²) in [4.78, 5) is 21.7. The van der Waals surface area contributed by atoms with Crippen LogP contribution >= 0.6 is 11.3 Å². The second kappa shape index (κ2) is 10.1. The summed E-state index contributed by atoms with van der Waals surface area (Å²) in [5.74, 6) is 0.522. The molecule has 0 saturated heterocycles. The summed E-state index contributed by atoms with van der Waals surface area (Å²) in [6, 6.07) is 14.4. The number of hydrogen-bond acceptors (Lipinski definition) is 5. The van der Waals surface area contributed by atoms with Crippen molar-refractivity contribution in [2.45, 2.75) is 44.6 Å². The van der Waals surface area contributed by atoms with E-state index in [9.17, 15) is 9.18 Å². The van der Waals surface area contributed by atoms with E-state index in [0.717, 1.165) is 47.8 Å². The van der Waals surface area contributed by atoms with Gasteiger partial charge < -0.3 is 10.1 Å². The molecule has 4 aromatic rings. The lowest BCUT2D eigenvalue weighted by Gasteiger charge is -2.33. The Morgan fingerprint density at radius 3 is 2.60 bits per heavy atom. The Bertz CT molecular complexity index is 1330. The zero-order chi connectivity index (χ0) is 24.4. The maximum Gasteiger partial charge on any atom is 0.273 e. The van der Waals surface area contributed by atoms with Gasteiger partial charge in [-0.2, -0.15) is 0 Å². The van der Waals surface area contributed by atoms with Gasteiger partial charge in [0.2, 0.25) is 0 Å². The first-order chi connectivity index (χ1) is 17.0. The van der Waals surface area contributed by atoms with Gasteiger partial charge in [-0.25, -0.2) is 9.37 Å². The molecule has 2 aromatic heterocycles. The van der Waals surface area contributed by atoms with Gasteiger partial charge in [0.05, 0.1) is 18.3 Å². The zero-order valence-corrected chi connectivity index (χ0v) is 20.6. The topological polar surface area (TPSA) is 64.1 Å². The van der Waals surface area contributed by atoms with Crippen molar-refractivity contribution in [3.05, 3.63) is 77.1 Å². The summed E-state index contributed by atoms with van der Waals surface area (Å²) in [5, 5.41) is 6.67. The molecular weight excluding hydrogens is 461 g/mol. The SMILES string of the molecule is COc1nc(-c2ccc(C(=O)N[C@H](C)[C@H]3CC[C@H](c4ccnc5ccc(F)cc54)CC3)cc2)cs1. The molecule has 0 unspecified atom stereocenters. The van der Waals surface area contributed by atoms with Gasteiger partial charge in [-0.15, -0.1) is 0 Å². The number of benzene rings is 2. The summed E-state index contributed by atoms with van der Waals surface area (Å²) in [6.45, 7) is 2.09. The van der Waals surface area contributed by atoms with Crippen LogP contribution in [0.1, 0.15) is 54.4 Å². The number of rotatable bonds is 6. The number of pyridine rings is 1. The molecule has 7 heteroatoms. The van der Waals surface area contributed by atoms with Crippen LogP contribution < -0.4 is 10.1 Å². The third-order valence-electron chi connectivity index (χ3n) is 7.12. The minimum absolute atomic E-state index is 0.0577. The number of methoxy groups -OCH3 is 1. The van der Waals surface area contributed by atoms with Gasteiger partial charge in [0.15, 0.2) is 0 Å². The van der Waals surface area contributed by atoms with Crippen molar-refractivity contribution in [2.75, 3.05) is 7.11 Å². The maximum atomic E-state index is 13.9. The zero-order valence-electron chi connectivity index (χ0n) is 19.8. The van der Waals surface area contributed by atoms with Crippen LogP contribution in [-0.2, 0) is 0 Å². The molecule has 2 heterocycles. The summed E-state index contributed by atoms with van der Waals surface area (Å²) >= 11 is 1.45. The number of hydrogen-bond donors (Lipinski definition) is 1. The minimum atomic E-state index is -0.226. The molecule has 1 aliphatic carbocycles. The molecule has 0 spiro atoms. The average molecular weight is 490 g/mol. The van der Waals surface area contributed by atoms with Crippen LogP contribution in [0.5, 0.6) is 5.19 Å². The van der Waals surface area contributed by atoms with E-state index in [4.69, 9.17) is 4.74 Å². The number of nitrogens with zero attached hydrogens (tertiary/aromatic N) is 2. The fourth-order valence-electron chi connectivity index (χ4n) is 5.11. The highest BCUT2D eigenvalue weighted by Crippen LogP contribution is 2.39. The minimum Gasteiger partial charge on any atom is -0.473 e. The van der Waals surface area contributed by atoms with E-state index in [-0.39, 0.29) is 17.8 Å². The molecule has 5 rings (SSSR count). The van der Waals surface area contributed by atoms with E-state index in [1.54, 1.807) is 19.2 Å². The molecule has 1 atom stereocenters. The first-order valence-corrected chi connectivity index (χ1v) is 12.8. The molecule has 180 valence electrons. The number of carbonyl (C=O) groups is 1. The predicted octanol–water partition coefficient (Wildman–Crippen LogP) is 6.60. The molecule has 35 heavy (non-hydrogen) atoms. The van der Waals surface area contributed by atoms with Gasteiger partial charge in [-0.1, -0.05) is 23.5 Å². The van der Waals surface area contributed by atoms with E-state index >= 15 is 0 Å². The fourth-order valence-corrected chi connectivity index (χ4v) is 5.76. The van der Waals surface area contributed by atoms with Crippen LogP contribution in [0.2, 0.25) is 0 Å². The molecule has 0 bridgehead atoms. The molecule has 1 aliphatic rings. The molecule has 1 amide bonds. The van der Waals surface area contributed by atoms with Crippen molar-refractivity contribution in [1.82, 2.24) is 15.3 Å². The second-order valence-corrected chi connectivity index (χ2v) is 10.0. The van der Waals surface area contributed by atoms with Gasteiger partial charge in [0.25, 0.3) is 11.1 Å². The summed E-state index contributed by atoms with van der Waals surface area (Å²) in [5.41, 5.74) is 4.46. The normalized spacial score (nSPS) is 18.8. The Hall–Kier alpha value is -3.32. The van der Waals surface area contributed by atoms with Gasteiger partial charge in [0, 0.05) is 34.1 Å². The first kappa shape index (κ1) is 23.4. The lowest BCUT2D eigenvalue weighted by molar-refractivity contribution is 0.0918. The number of amides is 1. The predicted molar refractivity (Wildman–Crippen MR) is 137 cm³/mol. The van der Waals surface area contributed by atoms with Gasteiger partial charge >= 0.3 is 0 Å². The number of fused-ring (bicyclic) bond motifs is 1.